The van der Waals surface area contributed by atoms with Gasteiger partial charge in [-0.15, -0.1) is 0 Å². The Kier molecular flexibility index (Phi) is 4.64. The van der Waals surface area contributed by atoms with E-state index in [9.17, 15) is 13.2 Å². The normalized spacial score (nSPS) is 11.5. The predicted octanol–water partition coefficient (Wildman–Crippen LogP) is 3.73. The summed E-state index contributed by atoms with van der Waals surface area (Å²) in [7, 11) is -3.47. The molecular weight excluding hydrogens is 344 g/mol. The lowest BCUT2D eigenvalue weighted by Gasteiger charge is -2.10. The molecule has 0 bridgehead atoms. The Morgan fingerprint density at radius 3 is 2.79 bits per heavy atom. The van der Waals surface area contributed by atoms with Crippen LogP contribution in [0.15, 0.2) is 53.6 Å². The molecule has 0 saturated carbocycles. The van der Waals surface area contributed by atoms with Crippen LogP contribution in [-0.4, -0.2) is 24.5 Å². The monoisotopic (exact) mass is 360 g/mol. The second-order valence-corrected chi connectivity index (χ2v) is 8.26. The molecular formula is C17H16N2O3S2. The SMILES string of the molecule is CCCS(=O)(=O)c1ccccc1C(=O)Nc1ccc2sncc2c1. The van der Waals surface area contributed by atoms with Gasteiger partial charge in [-0.05, 0) is 48.3 Å². The summed E-state index contributed by atoms with van der Waals surface area (Å²) in [5.41, 5.74) is 0.768. The molecule has 0 radical (unpaired) electrons. The molecule has 0 atom stereocenters. The van der Waals surface area contributed by atoms with Crippen molar-refractivity contribution in [3.05, 3.63) is 54.2 Å². The molecule has 1 N–H and O–H groups in total. The number of nitrogens with zero attached hydrogens (tertiary/aromatic N) is 1. The van der Waals surface area contributed by atoms with Crippen LogP contribution >= 0.6 is 11.5 Å². The topological polar surface area (TPSA) is 76.1 Å². The Labute approximate surface area is 144 Å². The molecule has 1 amide bonds. The first-order chi connectivity index (χ1) is 11.5. The number of fused-ring (bicyclic) bond motifs is 1. The van der Waals surface area contributed by atoms with Crippen molar-refractivity contribution in [2.45, 2.75) is 18.2 Å². The third-order valence-corrected chi connectivity index (χ3v) is 6.30. The lowest BCUT2D eigenvalue weighted by molar-refractivity contribution is 0.102. The van der Waals surface area contributed by atoms with E-state index in [0.717, 1.165) is 10.1 Å². The van der Waals surface area contributed by atoms with Crippen molar-refractivity contribution < 1.29 is 13.2 Å². The molecule has 2 aromatic carbocycles. The van der Waals surface area contributed by atoms with E-state index in [1.807, 2.05) is 12.1 Å². The standard InChI is InChI=1S/C17H16N2O3S2/c1-2-9-24(21,22)16-6-4-3-5-14(16)17(20)19-13-7-8-15-12(10-13)11-18-23-15/h3-8,10-11H,2,9H2,1H3,(H,19,20). The number of hydrogen-bond donors (Lipinski definition) is 1. The minimum atomic E-state index is -3.47. The summed E-state index contributed by atoms with van der Waals surface area (Å²) in [6, 6.07) is 11.8. The number of carbonyl (C=O) groups excluding carboxylic acids is 1. The third-order valence-electron chi connectivity index (χ3n) is 3.55. The van der Waals surface area contributed by atoms with Gasteiger partial charge >= 0.3 is 0 Å². The summed E-state index contributed by atoms with van der Waals surface area (Å²) in [5, 5.41) is 3.70. The second-order valence-electron chi connectivity index (χ2n) is 5.35. The lowest BCUT2D eigenvalue weighted by atomic mass is 10.2. The predicted molar refractivity (Wildman–Crippen MR) is 96.4 cm³/mol. The van der Waals surface area contributed by atoms with Crippen LogP contribution in [0.1, 0.15) is 23.7 Å². The largest absolute Gasteiger partial charge is 0.322 e. The van der Waals surface area contributed by atoms with E-state index in [1.54, 1.807) is 31.3 Å². The Bertz CT molecular complexity index is 994. The number of anilines is 1. The van der Waals surface area contributed by atoms with Crippen molar-refractivity contribution in [2.75, 3.05) is 11.1 Å². The van der Waals surface area contributed by atoms with Crippen molar-refractivity contribution in [1.82, 2.24) is 4.37 Å². The highest BCUT2D eigenvalue weighted by Crippen LogP contribution is 2.23. The fraction of sp³-hybridized carbons (Fsp3) is 0.176. The van der Waals surface area contributed by atoms with Crippen LogP contribution in [0.2, 0.25) is 0 Å². The van der Waals surface area contributed by atoms with Crippen LogP contribution in [0.3, 0.4) is 0 Å². The average Bonchev–Trinajstić information content (AvgIpc) is 3.02. The van der Waals surface area contributed by atoms with E-state index in [0.29, 0.717) is 12.1 Å². The second kappa shape index (κ2) is 6.70. The molecule has 0 unspecified atom stereocenters. The number of benzene rings is 2. The minimum Gasteiger partial charge on any atom is -0.322 e. The molecule has 124 valence electrons. The molecule has 1 aromatic heterocycles. The lowest BCUT2D eigenvalue weighted by Crippen LogP contribution is -2.17. The van der Waals surface area contributed by atoms with Gasteiger partial charge in [0.1, 0.15) is 0 Å². The molecule has 0 saturated heterocycles. The van der Waals surface area contributed by atoms with Gasteiger partial charge in [0.2, 0.25) is 0 Å². The van der Waals surface area contributed by atoms with Crippen LogP contribution in [0.25, 0.3) is 10.1 Å². The first-order valence-corrected chi connectivity index (χ1v) is 9.91. The number of sulfone groups is 1. The van der Waals surface area contributed by atoms with E-state index >= 15 is 0 Å². The van der Waals surface area contributed by atoms with Crippen molar-refractivity contribution in [2.24, 2.45) is 0 Å². The van der Waals surface area contributed by atoms with Gasteiger partial charge in [0.05, 0.1) is 20.9 Å². The van der Waals surface area contributed by atoms with Gasteiger partial charge in [-0.1, -0.05) is 19.1 Å². The maximum absolute atomic E-state index is 12.6. The number of hydrogen-bond acceptors (Lipinski definition) is 5. The van der Waals surface area contributed by atoms with Gasteiger partial charge in [-0.3, -0.25) is 4.79 Å². The van der Waals surface area contributed by atoms with Crippen LogP contribution < -0.4 is 5.32 Å². The van der Waals surface area contributed by atoms with E-state index in [4.69, 9.17) is 0 Å². The number of amides is 1. The smallest absolute Gasteiger partial charge is 0.256 e. The molecule has 3 rings (SSSR count). The summed E-state index contributed by atoms with van der Waals surface area (Å²) in [4.78, 5) is 12.6. The summed E-state index contributed by atoms with van der Waals surface area (Å²) < 4.78 is 29.8. The zero-order valence-corrected chi connectivity index (χ0v) is 14.7. The summed E-state index contributed by atoms with van der Waals surface area (Å²) in [6.45, 7) is 1.80. The molecule has 7 heteroatoms. The molecule has 3 aromatic rings. The number of carbonyl (C=O) groups is 1. The van der Waals surface area contributed by atoms with Crippen molar-refractivity contribution in [3.8, 4) is 0 Å². The molecule has 0 fully saturated rings. The summed E-state index contributed by atoms with van der Waals surface area (Å²) >= 11 is 1.38. The Morgan fingerprint density at radius 1 is 1.21 bits per heavy atom. The highest BCUT2D eigenvalue weighted by atomic mass is 32.2. The van der Waals surface area contributed by atoms with Gasteiger partial charge in [0.25, 0.3) is 5.91 Å². The number of aromatic nitrogens is 1. The molecule has 24 heavy (non-hydrogen) atoms. The fourth-order valence-corrected chi connectivity index (χ4v) is 4.62. The van der Waals surface area contributed by atoms with E-state index in [2.05, 4.69) is 9.69 Å². The molecule has 1 heterocycles. The van der Waals surface area contributed by atoms with Crippen molar-refractivity contribution >= 4 is 43.1 Å². The Morgan fingerprint density at radius 2 is 2.00 bits per heavy atom. The molecule has 0 aliphatic rings. The first kappa shape index (κ1) is 16.6. The van der Waals surface area contributed by atoms with Crippen LogP contribution in [0.4, 0.5) is 5.69 Å². The van der Waals surface area contributed by atoms with Gasteiger partial charge in [-0.2, -0.15) is 4.37 Å². The summed E-state index contributed by atoms with van der Waals surface area (Å²) in [6.07, 6.45) is 2.23. The van der Waals surface area contributed by atoms with Crippen molar-refractivity contribution in [3.63, 3.8) is 0 Å². The minimum absolute atomic E-state index is 0.0177. The molecule has 0 spiro atoms. The average molecular weight is 360 g/mol. The quantitative estimate of drug-likeness (QED) is 0.752. The van der Waals surface area contributed by atoms with E-state index in [1.165, 1.54) is 23.7 Å². The first-order valence-electron chi connectivity index (χ1n) is 7.49. The van der Waals surface area contributed by atoms with Gasteiger partial charge in [-0.25, -0.2) is 8.42 Å². The Balaban J connectivity index is 1.93. The van der Waals surface area contributed by atoms with E-state index < -0.39 is 15.7 Å². The highest BCUT2D eigenvalue weighted by Gasteiger charge is 2.21. The zero-order valence-electron chi connectivity index (χ0n) is 13.0. The van der Waals surface area contributed by atoms with Gasteiger partial charge < -0.3 is 5.32 Å². The molecule has 5 nitrogen and oxygen atoms in total. The third kappa shape index (κ3) is 3.32. The maximum atomic E-state index is 12.6. The summed E-state index contributed by atoms with van der Waals surface area (Å²) in [5.74, 6) is -0.420. The highest BCUT2D eigenvalue weighted by molar-refractivity contribution is 7.91. The molecule has 0 aliphatic heterocycles. The van der Waals surface area contributed by atoms with Crippen LogP contribution in [0, 0.1) is 0 Å². The van der Waals surface area contributed by atoms with Gasteiger partial charge in [0, 0.05) is 17.3 Å². The van der Waals surface area contributed by atoms with Crippen molar-refractivity contribution in [1.29, 1.82) is 0 Å². The maximum Gasteiger partial charge on any atom is 0.256 e. The number of nitrogens with one attached hydrogen (secondary N) is 1. The van der Waals surface area contributed by atoms with Crippen LogP contribution in [-0.2, 0) is 9.84 Å². The van der Waals surface area contributed by atoms with Gasteiger partial charge in [0.15, 0.2) is 9.84 Å². The zero-order chi connectivity index (χ0) is 17.2. The number of rotatable bonds is 5. The molecule has 0 aliphatic carbocycles. The Hall–Kier alpha value is -2.25. The fourth-order valence-electron chi connectivity index (χ4n) is 2.45. The van der Waals surface area contributed by atoms with E-state index in [-0.39, 0.29) is 16.2 Å². The van der Waals surface area contributed by atoms with Crippen LogP contribution in [0.5, 0.6) is 0 Å².